The zero-order chi connectivity index (χ0) is 35.3. The van der Waals surface area contributed by atoms with E-state index in [4.69, 9.17) is 15.1 Å². The summed E-state index contributed by atoms with van der Waals surface area (Å²) in [7, 11) is -4.28. The summed E-state index contributed by atoms with van der Waals surface area (Å²) in [5.74, 6) is -0.443. The number of nitrogens with zero attached hydrogens (tertiary/aromatic N) is 3. The molecule has 1 amide bonds. The molecule has 4 N–H and O–H groups in total. The first kappa shape index (κ1) is 33.8. The number of aromatic amines is 1. The van der Waals surface area contributed by atoms with Gasteiger partial charge in [-0.25, -0.2) is 13.4 Å². The number of imidazole rings is 1. The number of amides is 1. The molecule has 0 aliphatic carbocycles. The molecule has 13 heteroatoms. The van der Waals surface area contributed by atoms with E-state index in [1.165, 1.54) is 12.3 Å². The minimum atomic E-state index is -4.28. The fourth-order valence-corrected chi connectivity index (χ4v) is 7.11. The number of anilines is 2. The van der Waals surface area contributed by atoms with Crippen molar-refractivity contribution in [2.75, 3.05) is 22.8 Å². The molecule has 6 aromatic rings. The summed E-state index contributed by atoms with van der Waals surface area (Å²) in [4.78, 5) is 37.7. The Morgan fingerprint density at radius 1 is 0.900 bits per heavy atom. The second kappa shape index (κ2) is 14.6. The molecular weight excluding hydrogens is 655 g/mol. The van der Waals surface area contributed by atoms with E-state index >= 15 is 0 Å². The highest BCUT2D eigenvalue weighted by Gasteiger charge is 2.31. The fourth-order valence-electron chi connectivity index (χ4n) is 5.48. The number of fused-ring (bicyclic) bond motifs is 2. The van der Waals surface area contributed by atoms with Gasteiger partial charge in [0.2, 0.25) is 0 Å². The molecule has 2 aromatic heterocycles. The number of benzene rings is 4. The Balaban J connectivity index is 1.22. The highest BCUT2D eigenvalue weighted by Crippen LogP contribution is 2.33. The van der Waals surface area contributed by atoms with Gasteiger partial charge < -0.3 is 20.4 Å². The molecule has 0 atom stereocenters. The van der Waals surface area contributed by atoms with Crippen molar-refractivity contribution in [2.45, 2.75) is 31.7 Å². The third-order valence-electron chi connectivity index (χ3n) is 8.01. The van der Waals surface area contributed by atoms with Gasteiger partial charge in [0.25, 0.3) is 15.9 Å². The molecule has 254 valence electrons. The molecule has 0 radical (unpaired) electrons. The quantitative estimate of drug-likeness (QED) is 0.0696. The molecule has 0 spiro atoms. The average Bonchev–Trinajstić information content (AvgIpc) is 3.57. The molecule has 0 saturated carbocycles. The smallest absolute Gasteiger partial charge is 0.326 e. The van der Waals surface area contributed by atoms with Gasteiger partial charge in [-0.3, -0.25) is 24.3 Å². The first-order valence-corrected chi connectivity index (χ1v) is 17.4. The van der Waals surface area contributed by atoms with Crippen LogP contribution in [0.4, 0.5) is 11.4 Å². The third kappa shape index (κ3) is 7.17. The van der Waals surface area contributed by atoms with Gasteiger partial charge in [-0.15, -0.1) is 0 Å². The second-order valence-electron chi connectivity index (χ2n) is 11.5. The van der Waals surface area contributed by atoms with Gasteiger partial charge in [0.05, 0.1) is 35.4 Å². The minimum absolute atomic E-state index is 0.0136. The van der Waals surface area contributed by atoms with Gasteiger partial charge in [0.15, 0.2) is 0 Å². The molecular formula is C37H35N7O5S. The standard InChI is InChI=1S/C37H35N7O5S/c1-3-21-49-33(45)23-44(50(47,48)31-13-7-11-25-12-8-20-39-35(25)31)30-19-18-29-34(24(30)2)42-32(41-29)22-40-28-16-14-26(15-17-28)36(38)43-37(46)27-9-5-4-6-10-27/h4-20,40H,3,21-23H2,1-2H3,(H,41,42)(H2,38,43,46). The number of H-pyrrole nitrogens is 1. The van der Waals surface area contributed by atoms with Crippen molar-refractivity contribution in [1.82, 2.24) is 20.3 Å². The maximum atomic E-state index is 14.3. The Hall–Kier alpha value is -6.08. The number of pyridine rings is 1. The lowest BCUT2D eigenvalue weighted by molar-refractivity contribution is -0.141. The van der Waals surface area contributed by atoms with Crippen molar-refractivity contribution in [3.63, 3.8) is 0 Å². The molecule has 6 rings (SSSR count). The van der Waals surface area contributed by atoms with Gasteiger partial charge in [-0.05, 0) is 74.0 Å². The molecule has 0 fully saturated rings. The summed E-state index contributed by atoms with van der Waals surface area (Å²) in [6, 6.07) is 27.6. The number of hydrogen-bond donors (Lipinski definition) is 4. The molecule has 0 unspecified atom stereocenters. The maximum absolute atomic E-state index is 14.3. The lowest BCUT2D eigenvalue weighted by Crippen LogP contribution is -2.37. The number of aryl methyl sites for hydroxylation is 1. The largest absolute Gasteiger partial charge is 0.464 e. The maximum Gasteiger partial charge on any atom is 0.326 e. The van der Waals surface area contributed by atoms with E-state index in [1.807, 2.05) is 13.0 Å². The van der Waals surface area contributed by atoms with Crippen molar-refractivity contribution in [2.24, 2.45) is 0 Å². The monoisotopic (exact) mass is 689 g/mol. The van der Waals surface area contributed by atoms with E-state index in [9.17, 15) is 18.0 Å². The number of ether oxygens (including phenoxy) is 1. The van der Waals surface area contributed by atoms with Crippen LogP contribution in [0.1, 0.15) is 40.7 Å². The van der Waals surface area contributed by atoms with Crippen LogP contribution in [-0.2, 0) is 26.1 Å². The summed E-state index contributed by atoms with van der Waals surface area (Å²) in [6.07, 6.45) is 2.13. The number of esters is 1. The van der Waals surface area contributed by atoms with Crippen molar-refractivity contribution >= 4 is 61.0 Å². The van der Waals surface area contributed by atoms with Crippen LogP contribution in [0.3, 0.4) is 0 Å². The van der Waals surface area contributed by atoms with E-state index in [0.29, 0.717) is 63.1 Å². The van der Waals surface area contributed by atoms with Crippen LogP contribution >= 0.6 is 0 Å². The van der Waals surface area contributed by atoms with Crippen molar-refractivity contribution in [3.05, 3.63) is 126 Å². The summed E-state index contributed by atoms with van der Waals surface area (Å²) in [5, 5.41) is 14.9. The number of nitrogens with one attached hydrogen (secondary N) is 4. The fraction of sp³-hybridized carbons (Fsp3) is 0.162. The molecule has 4 aromatic carbocycles. The van der Waals surface area contributed by atoms with E-state index in [-0.39, 0.29) is 23.2 Å². The number of sulfonamides is 1. The zero-order valence-corrected chi connectivity index (χ0v) is 28.3. The van der Waals surface area contributed by atoms with E-state index < -0.39 is 22.5 Å². The van der Waals surface area contributed by atoms with Crippen LogP contribution in [0.2, 0.25) is 0 Å². The summed E-state index contributed by atoms with van der Waals surface area (Å²) in [5.41, 5.74) is 4.18. The highest BCUT2D eigenvalue weighted by atomic mass is 32.2. The van der Waals surface area contributed by atoms with E-state index in [2.05, 4.69) is 20.6 Å². The predicted octanol–water partition coefficient (Wildman–Crippen LogP) is 5.94. The second-order valence-corrected chi connectivity index (χ2v) is 13.3. The predicted molar refractivity (Wildman–Crippen MR) is 193 cm³/mol. The van der Waals surface area contributed by atoms with Gasteiger partial charge in [-0.2, -0.15) is 0 Å². The van der Waals surface area contributed by atoms with E-state index in [0.717, 1.165) is 9.99 Å². The van der Waals surface area contributed by atoms with Gasteiger partial charge in [-0.1, -0.05) is 43.3 Å². The van der Waals surface area contributed by atoms with Gasteiger partial charge in [0.1, 0.15) is 23.1 Å². The first-order chi connectivity index (χ1) is 24.2. The molecule has 12 nitrogen and oxygen atoms in total. The average molecular weight is 690 g/mol. The Morgan fingerprint density at radius 3 is 2.42 bits per heavy atom. The highest BCUT2D eigenvalue weighted by molar-refractivity contribution is 7.93. The summed E-state index contributed by atoms with van der Waals surface area (Å²) in [6.45, 7) is 3.59. The Morgan fingerprint density at radius 2 is 1.66 bits per heavy atom. The lowest BCUT2D eigenvalue weighted by atomic mass is 10.1. The van der Waals surface area contributed by atoms with Crippen LogP contribution in [0.15, 0.2) is 108 Å². The molecule has 0 bridgehead atoms. The minimum Gasteiger partial charge on any atom is -0.464 e. The normalized spacial score (nSPS) is 11.3. The third-order valence-corrected chi connectivity index (χ3v) is 9.80. The van der Waals surface area contributed by atoms with Gasteiger partial charge in [0, 0.05) is 34.0 Å². The van der Waals surface area contributed by atoms with Crippen LogP contribution in [0, 0.1) is 12.3 Å². The SMILES string of the molecule is CCCOC(=O)CN(c1ccc2[nH]c(CNc3ccc(C(=N)NC(=O)c4ccccc4)cc3)nc2c1C)S(=O)(=O)c1cccc2cccnc12. The number of carbonyl (C=O) groups excluding carboxylic acids is 2. The molecule has 0 aliphatic rings. The Kier molecular flexibility index (Phi) is 9.86. The summed E-state index contributed by atoms with van der Waals surface area (Å²) >= 11 is 0. The lowest BCUT2D eigenvalue weighted by Gasteiger charge is -2.25. The number of aromatic nitrogens is 3. The molecule has 0 saturated heterocycles. The molecule has 0 aliphatic heterocycles. The van der Waals surface area contributed by atoms with Crippen LogP contribution in [-0.4, -0.2) is 54.2 Å². The van der Waals surface area contributed by atoms with Crippen molar-refractivity contribution in [1.29, 1.82) is 5.41 Å². The number of hydrogen-bond acceptors (Lipinski definition) is 9. The Labute approximate surface area is 289 Å². The number of carbonyl (C=O) groups is 2. The van der Waals surface area contributed by atoms with Crippen LogP contribution in [0.25, 0.3) is 21.9 Å². The number of para-hydroxylation sites is 1. The number of amidine groups is 1. The van der Waals surface area contributed by atoms with E-state index in [1.54, 1.807) is 91.9 Å². The topological polar surface area (TPSA) is 170 Å². The van der Waals surface area contributed by atoms with Crippen LogP contribution in [0.5, 0.6) is 0 Å². The van der Waals surface area contributed by atoms with Crippen molar-refractivity contribution in [3.8, 4) is 0 Å². The summed E-state index contributed by atoms with van der Waals surface area (Å²) < 4.78 is 35.0. The van der Waals surface area contributed by atoms with Gasteiger partial charge >= 0.3 is 5.97 Å². The first-order valence-electron chi connectivity index (χ1n) is 15.9. The molecule has 50 heavy (non-hydrogen) atoms. The number of rotatable bonds is 12. The molecule has 2 heterocycles. The van der Waals surface area contributed by atoms with Crippen molar-refractivity contribution < 1.29 is 22.7 Å². The Bertz CT molecular complexity index is 2300. The van der Waals surface area contributed by atoms with Crippen LogP contribution < -0.4 is 14.9 Å². The zero-order valence-electron chi connectivity index (χ0n) is 27.4.